The predicted octanol–water partition coefficient (Wildman–Crippen LogP) is 3.26. The SMILES string of the molecule is CC(C)Cc1cn(CCN)c2ncc(-c3ccncc3)cc12. The van der Waals surface area contributed by atoms with Crippen molar-refractivity contribution in [3.63, 3.8) is 0 Å². The van der Waals surface area contributed by atoms with Crippen molar-refractivity contribution in [2.75, 3.05) is 6.54 Å². The maximum atomic E-state index is 5.73. The van der Waals surface area contributed by atoms with Gasteiger partial charge in [-0.2, -0.15) is 0 Å². The van der Waals surface area contributed by atoms with Crippen molar-refractivity contribution in [2.45, 2.75) is 26.8 Å². The van der Waals surface area contributed by atoms with Gasteiger partial charge in [0.15, 0.2) is 0 Å². The van der Waals surface area contributed by atoms with E-state index in [1.165, 1.54) is 10.9 Å². The Labute approximate surface area is 131 Å². The van der Waals surface area contributed by atoms with Crippen LogP contribution in [0.1, 0.15) is 19.4 Å². The van der Waals surface area contributed by atoms with Crippen LogP contribution < -0.4 is 5.73 Å². The normalized spacial score (nSPS) is 11.5. The van der Waals surface area contributed by atoms with Crippen LogP contribution in [0.2, 0.25) is 0 Å². The topological polar surface area (TPSA) is 56.7 Å². The first-order valence-electron chi connectivity index (χ1n) is 7.77. The second kappa shape index (κ2) is 6.28. The highest BCUT2D eigenvalue weighted by Crippen LogP contribution is 2.27. The average Bonchev–Trinajstić information content (AvgIpc) is 2.85. The molecule has 114 valence electrons. The maximum absolute atomic E-state index is 5.73. The number of hydrogen-bond donors (Lipinski definition) is 1. The molecule has 0 aliphatic heterocycles. The molecule has 0 unspecified atom stereocenters. The van der Waals surface area contributed by atoms with Crippen molar-refractivity contribution in [1.82, 2.24) is 14.5 Å². The Morgan fingerprint density at radius 1 is 1.18 bits per heavy atom. The lowest BCUT2D eigenvalue weighted by molar-refractivity contribution is 0.645. The highest BCUT2D eigenvalue weighted by Gasteiger charge is 2.12. The molecule has 0 radical (unpaired) electrons. The first-order chi connectivity index (χ1) is 10.7. The van der Waals surface area contributed by atoms with Gasteiger partial charge in [0.25, 0.3) is 0 Å². The van der Waals surface area contributed by atoms with Crippen LogP contribution in [0.25, 0.3) is 22.2 Å². The van der Waals surface area contributed by atoms with Crippen molar-refractivity contribution >= 4 is 11.0 Å². The van der Waals surface area contributed by atoms with Crippen LogP contribution >= 0.6 is 0 Å². The molecular formula is C18H22N4. The van der Waals surface area contributed by atoms with E-state index in [2.05, 4.69) is 35.7 Å². The van der Waals surface area contributed by atoms with Crippen molar-refractivity contribution in [2.24, 2.45) is 11.7 Å². The summed E-state index contributed by atoms with van der Waals surface area (Å²) >= 11 is 0. The lowest BCUT2D eigenvalue weighted by Gasteiger charge is -2.05. The Bertz CT molecular complexity index is 759. The predicted molar refractivity (Wildman–Crippen MR) is 90.6 cm³/mol. The van der Waals surface area contributed by atoms with Crippen molar-refractivity contribution in [3.05, 3.63) is 48.5 Å². The molecule has 0 aliphatic rings. The molecule has 0 amide bonds. The van der Waals surface area contributed by atoms with Gasteiger partial charge in [0.05, 0.1) is 0 Å². The summed E-state index contributed by atoms with van der Waals surface area (Å²) in [6.45, 7) is 5.91. The summed E-state index contributed by atoms with van der Waals surface area (Å²) in [7, 11) is 0. The van der Waals surface area contributed by atoms with Crippen LogP contribution in [0, 0.1) is 5.92 Å². The minimum Gasteiger partial charge on any atom is -0.331 e. The molecule has 2 N–H and O–H groups in total. The van der Waals surface area contributed by atoms with Gasteiger partial charge in [-0.05, 0) is 41.7 Å². The van der Waals surface area contributed by atoms with Crippen LogP contribution in [0.3, 0.4) is 0 Å². The van der Waals surface area contributed by atoms with Crippen molar-refractivity contribution in [3.8, 4) is 11.1 Å². The van der Waals surface area contributed by atoms with Gasteiger partial charge in [-0.3, -0.25) is 4.98 Å². The van der Waals surface area contributed by atoms with E-state index in [-0.39, 0.29) is 0 Å². The molecule has 0 saturated heterocycles. The highest BCUT2D eigenvalue weighted by molar-refractivity contribution is 5.85. The molecule has 0 saturated carbocycles. The largest absolute Gasteiger partial charge is 0.331 e. The monoisotopic (exact) mass is 294 g/mol. The number of rotatable bonds is 5. The van der Waals surface area contributed by atoms with E-state index in [1.54, 1.807) is 0 Å². The summed E-state index contributed by atoms with van der Waals surface area (Å²) in [6.07, 6.45) is 8.82. The van der Waals surface area contributed by atoms with E-state index >= 15 is 0 Å². The number of nitrogens with two attached hydrogens (primary N) is 1. The van der Waals surface area contributed by atoms with Gasteiger partial charge in [-0.25, -0.2) is 4.98 Å². The fraction of sp³-hybridized carbons (Fsp3) is 0.333. The quantitative estimate of drug-likeness (QED) is 0.786. The molecule has 4 nitrogen and oxygen atoms in total. The van der Waals surface area contributed by atoms with Crippen molar-refractivity contribution in [1.29, 1.82) is 0 Å². The summed E-state index contributed by atoms with van der Waals surface area (Å²) in [5, 5.41) is 1.23. The van der Waals surface area contributed by atoms with Gasteiger partial charge >= 0.3 is 0 Å². The summed E-state index contributed by atoms with van der Waals surface area (Å²) < 4.78 is 2.17. The lowest BCUT2D eigenvalue weighted by Crippen LogP contribution is -2.09. The molecule has 0 fully saturated rings. The number of hydrogen-bond acceptors (Lipinski definition) is 3. The zero-order valence-electron chi connectivity index (χ0n) is 13.2. The first kappa shape index (κ1) is 14.7. The van der Waals surface area contributed by atoms with E-state index in [4.69, 9.17) is 10.7 Å². The molecular weight excluding hydrogens is 272 g/mol. The summed E-state index contributed by atoms with van der Waals surface area (Å²) in [6, 6.07) is 6.27. The molecule has 22 heavy (non-hydrogen) atoms. The number of pyridine rings is 2. The second-order valence-corrected chi connectivity index (χ2v) is 6.07. The lowest BCUT2D eigenvalue weighted by atomic mass is 10.0. The van der Waals surface area contributed by atoms with Gasteiger partial charge < -0.3 is 10.3 Å². The molecule has 3 rings (SSSR count). The zero-order valence-corrected chi connectivity index (χ0v) is 13.2. The minimum absolute atomic E-state index is 0.613. The van der Waals surface area contributed by atoms with Crippen LogP contribution in [0.4, 0.5) is 0 Å². The Morgan fingerprint density at radius 2 is 1.95 bits per heavy atom. The second-order valence-electron chi connectivity index (χ2n) is 6.07. The standard InChI is InChI=1S/C18H22N4/c1-13(2)9-16-12-22(8-5-19)18-17(16)10-15(11-21-18)14-3-6-20-7-4-14/h3-4,6-7,10-13H,5,8-9,19H2,1-2H3. The summed E-state index contributed by atoms with van der Waals surface area (Å²) in [5.41, 5.74) is 10.4. The zero-order chi connectivity index (χ0) is 15.5. The third-order valence-corrected chi connectivity index (χ3v) is 3.81. The smallest absolute Gasteiger partial charge is 0.140 e. The van der Waals surface area contributed by atoms with E-state index in [0.29, 0.717) is 12.5 Å². The molecule has 3 aromatic heterocycles. The molecule has 0 aliphatic carbocycles. The number of aromatic nitrogens is 3. The molecule has 0 aromatic carbocycles. The molecule has 0 spiro atoms. The van der Waals surface area contributed by atoms with E-state index in [9.17, 15) is 0 Å². The van der Waals surface area contributed by atoms with Crippen LogP contribution in [0.5, 0.6) is 0 Å². The average molecular weight is 294 g/mol. The van der Waals surface area contributed by atoms with Gasteiger partial charge in [0, 0.05) is 48.8 Å². The molecule has 3 heterocycles. The summed E-state index contributed by atoms with van der Waals surface area (Å²) in [4.78, 5) is 8.77. The first-order valence-corrected chi connectivity index (χ1v) is 7.77. The van der Waals surface area contributed by atoms with Crippen LogP contribution in [-0.2, 0) is 13.0 Å². The molecule has 4 heteroatoms. The van der Waals surface area contributed by atoms with Crippen LogP contribution in [-0.4, -0.2) is 21.1 Å². The van der Waals surface area contributed by atoms with Gasteiger partial charge in [-0.15, -0.1) is 0 Å². The Hall–Kier alpha value is -2.20. The highest BCUT2D eigenvalue weighted by atomic mass is 15.0. The Morgan fingerprint density at radius 3 is 2.64 bits per heavy atom. The molecule has 0 atom stereocenters. The number of nitrogens with zero attached hydrogens (tertiary/aromatic N) is 3. The summed E-state index contributed by atoms with van der Waals surface area (Å²) in [5.74, 6) is 0.613. The molecule has 0 bridgehead atoms. The third kappa shape index (κ3) is 2.88. The van der Waals surface area contributed by atoms with Gasteiger partial charge in [0.1, 0.15) is 5.65 Å². The van der Waals surface area contributed by atoms with Crippen LogP contribution in [0.15, 0.2) is 43.0 Å². The third-order valence-electron chi connectivity index (χ3n) is 3.81. The van der Waals surface area contributed by atoms with Gasteiger partial charge in [-0.1, -0.05) is 13.8 Å². The maximum Gasteiger partial charge on any atom is 0.140 e. The fourth-order valence-corrected chi connectivity index (χ4v) is 2.86. The van der Waals surface area contributed by atoms with Crippen molar-refractivity contribution < 1.29 is 0 Å². The number of fused-ring (bicyclic) bond motifs is 1. The Balaban J connectivity index is 2.12. The van der Waals surface area contributed by atoms with E-state index < -0.39 is 0 Å². The Kier molecular flexibility index (Phi) is 4.20. The van der Waals surface area contributed by atoms with Gasteiger partial charge in [0.2, 0.25) is 0 Å². The minimum atomic E-state index is 0.613. The fourth-order valence-electron chi connectivity index (χ4n) is 2.86. The van der Waals surface area contributed by atoms with E-state index in [0.717, 1.165) is 29.7 Å². The molecule has 3 aromatic rings. The van der Waals surface area contributed by atoms with E-state index in [1.807, 2.05) is 30.7 Å².